The van der Waals surface area contributed by atoms with Crippen molar-refractivity contribution in [3.63, 3.8) is 0 Å². The van der Waals surface area contributed by atoms with Crippen LogP contribution in [0.5, 0.6) is 0 Å². The first-order chi connectivity index (χ1) is 13.8. The number of para-hydroxylation sites is 1. The first-order valence-corrected chi connectivity index (χ1v) is 9.44. The molecule has 0 bridgehead atoms. The van der Waals surface area contributed by atoms with Gasteiger partial charge in [-0.3, -0.25) is 23.7 Å². The molecular formula is C21H22N4O4. The van der Waals surface area contributed by atoms with Crippen molar-refractivity contribution in [2.45, 2.75) is 12.5 Å². The molecule has 0 radical (unpaired) electrons. The number of hydrogen-bond donors (Lipinski definition) is 1. The fourth-order valence-corrected chi connectivity index (χ4v) is 3.81. The number of amides is 1. The Morgan fingerprint density at radius 1 is 1.10 bits per heavy atom. The van der Waals surface area contributed by atoms with Crippen molar-refractivity contribution < 1.29 is 9.90 Å². The lowest BCUT2D eigenvalue weighted by Gasteiger charge is -2.18. The second-order valence-corrected chi connectivity index (χ2v) is 7.51. The molecule has 0 unspecified atom stereocenters. The van der Waals surface area contributed by atoms with Gasteiger partial charge in [0, 0.05) is 50.2 Å². The second-order valence-electron chi connectivity index (χ2n) is 7.51. The third-order valence-electron chi connectivity index (χ3n) is 5.57. The number of fused-ring (bicyclic) bond motifs is 1. The Labute approximate surface area is 166 Å². The zero-order chi connectivity index (χ0) is 20.7. The van der Waals surface area contributed by atoms with Crippen molar-refractivity contribution in [3.05, 3.63) is 74.7 Å². The zero-order valence-electron chi connectivity index (χ0n) is 16.3. The van der Waals surface area contributed by atoms with E-state index in [2.05, 4.69) is 4.98 Å². The van der Waals surface area contributed by atoms with Crippen molar-refractivity contribution in [2.75, 3.05) is 13.1 Å². The van der Waals surface area contributed by atoms with Gasteiger partial charge in [0.05, 0.1) is 11.6 Å². The number of aliphatic hydroxyl groups excluding tert-OH is 1. The molecule has 0 spiro atoms. The van der Waals surface area contributed by atoms with Gasteiger partial charge in [0.1, 0.15) is 5.69 Å². The highest BCUT2D eigenvalue weighted by Gasteiger charge is 2.35. The first kappa shape index (κ1) is 19.1. The molecule has 1 N–H and O–H groups in total. The number of nitrogens with zero attached hydrogens (tertiary/aromatic N) is 4. The SMILES string of the molecule is Cn1c(C(=O)N2C[C@@H](Cc3ccc4ccccc4n3)[C@H](O)C2)cc(=O)n(C)c1=O. The predicted molar refractivity (Wildman–Crippen MR) is 108 cm³/mol. The molecule has 8 nitrogen and oxygen atoms in total. The largest absolute Gasteiger partial charge is 0.391 e. The lowest BCUT2D eigenvalue weighted by molar-refractivity contribution is 0.0753. The van der Waals surface area contributed by atoms with E-state index < -0.39 is 23.3 Å². The minimum absolute atomic E-state index is 0.0229. The summed E-state index contributed by atoms with van der Waals surface area (Å²) in [5.74, 6) is -0.605. The quantitative estimate of drug-likeness (QED) is 0.690. The molecule has 1 aliphatic heterocycles. The van der Waals surface area contributed by atoms with E-state index in [1.54, 1.807) is 0 Å². The third kappa shape index (κ3) is 3.47. The molecule has 2 aromatic heterocycles. The molecule has 0 aliphatic carbocycles. The number of benzene rings is 1. The van der Waals surface area contributed by atoms with Gasteiger partial charge in [0.2, 0.25) is 0 Å². The Morgan fingerprint density at radius 2 is 1.86 bits per heavy atom. The highest BCUT2D eigenvalue weighted by molar-refractivity contribution is 5.92. The smallest absolute Gasteiger partial charge is 0.331 e. The third-order valence-corrected chi connectivity index (χ3v) is 5.57. The molecule has 8 heteroatoms. The molecule has 1 fully saturated rings. The van der Waals surface area contributed by atoms with Gasteiger partial charge in [-0.25, -0.2) is 4.79 Å². The van der Waals surface area contributed by atoms with E-state index in [0.29, 0.717) is 13.0 Å². The molecule has 29 heavy (non-hydrogen) atoms. The summed E-state index contributed by atoms with van der Waals surface area (Å²) >= 11 is 0. The minimum Gasteiger partial charge on any atom is -0.391 e. The number of aromatic nitrogens is 3. The van der Waals surface area contributed by atoms with Gasteiger partial charge in [-0.1, -0.05) is 24.3 Å². The van der Waals surface area contributed by atoms with Gasteiger partial charge in [0.25, 0.3) is 11.5 Å². The number of likely N-dealkylation sites (tertiary alicyclic amines) is 1. The van der Waals surface area contributed by atoms with Gasteiger partial charge in [-0.15, -0.1) is 0 Å². The van der Waals surface area contributed by atoms with Crippen LogP contribution in [0.25, 0.3) is 10.9 Å². The normalized spacial score (nSPS) is 19.1. The highest BCUT2D eigenvalue weighted by Crippen LogP contribution is 2.23. The van der Waals surface area contributed by atoms with Gasteiger partial charge in [-0.2, -0.15) is 0 Å². The van der Waals surface area contributed by atoms with E-state index in [9.17, 15) is 19.5 Å². The Hall–Kier alpha value is -3.26. The van der Waals surface area contributed by atoms with Crippen LogP contribution in [0.3, 0.4) is 0 Å². The maximum Gasteiger partial charge on any atom is 0.331 e. The minimum atomic E-state index is -0.698. The van der Waals surface area contributed by atoms with Gasteiger partial charge in [-0.05, 0) is 18.6 Å². The molecule has 4 rings (SSSR count). The van der Waals surface area contributed by atoms with Crippen LogP contribution < -0.4 is 11.2 Å². The zero-order valence-corrected chi connectivity index (χ0v) is 16.3. The molecule has 1 amide bonds. The summed E-state index contributed by atoms with van der Waals surface area (Å²) in [6.45, 7) is 0.485. The van der Waals surface area contributed by atoms with E-state index in [-0.39, 0.29) is 18.2 Å². The first-order valence-electron chi connectivity index (χ1n) is 9.44. The Morgan fingerprint density at radius 3 is 2.66 bits per heavy atom. The number of β-amino-alcohol motifs (C(OH)–C–C–N with tert-alkyl or cyclic N) is 1. The van der Waals surface area contributed by atoms with Crippen LogP contribution in [0, 0.1) is 5.92 Å². The van der Waals surface area contributed by atoms with Crippen LogP contribution in [-0.2, 0) is 20.5 Å². The van der Waals surface area contributed by atoms with Crippen LogP contribution >= 0.6 is 0 Å². The van der Waals surface area contributed by atoms with E-state index in [1.165, 1.54) is 19.0 Å². The topological polar surface area (TPSA) is 97.4 Å². The monoisotopic (exact) mass is 394 g/mol. The number of rotatable bonds is 3. The summed E-state index contributed by atoms with van der Waals surface area (Å²) in [7, 11) is 2.82. The van der Waals surface area contributed by atoms with Crippen LogP contribution in [0.2, 0.25) is 0 Å². The number of carbonyl (C=O) groups is 1. The maximum atomic E-state index is 12.9. The van der Waals surface area contributed by atoms with Gasteiger partial charge >= 0.3 is 5.69 Å². The predicted octanol–water partition coefficient (Wildman–Crippen LogP) is 0.308. The van der Waals surface area contributed by atoms with Crippen molar-refractivity contribution >= 4 is 16.8 Å². The summed E-state index contributed by atoms with van der Waals surface area (Å²) in [4.78, 5) is 43.1. The standard InChI is InChI=1S/C21H22N4O4/c1-23-17(10-19(27)24(2)21(23)29)20(28)25-11-14(18(26)12-25)9-15-8-7-13-5-3-4-6-16(13)22-15/h3-8,10,14,18,26H,9,11-12H2,1-2H3/t14-,18-/m1/s1. The molecule has 1 aliphatic rings. The Balaban J connectivity index is 1.54. The number of carbonyl (C=O) groups excluding carboxylic acids is 1. The second kappa shape index (κ2) is 7.29. The average Bonchev–Trinajstić information content (AvgIpc) is 3.09. The number of pyridine rings is 1. The summed E-state index contributed by atoms with van der Waals surface area (Å²) in [6, 6.07) is 12.9. The van der Waals surface area contributed by atoms with Crippen molar-refractivity contribution in [3.8, 4) is 0 Å². The summed E-state index contributed by atoms with van der Waals surface area (Å²) < 4.78 is 2.11. The summed E-state index contributed by atoms with van der Waals surface area (Å²) in [5.41, 5.74) is 0.670. The maximum absolute atomic E-state index is 12.9. The summed E-state index contributed by atoms with van der Waals surface area (Å²) in [5, 5.41) is 11.5. The molecule has 150 valence electrons. The fraction of sp³-hybridized carbons (Fsp3) is 0.333. The Kier molecular flexibility index (Phi) is 4.79. The van der Waals surface area contributed by atoms with Crippen LogP contribution in [0.15, 0.2) is 52.1 Å². The van der Waals surface area contributed by atoms with Gasteiger partial charge in [0.15, 0.2) is 0 Å². The van der Waals surface area contributed by atoms with Crippen LogP contribution in [-0.4, -0.2) is 49.2 Å². The molecule has 3 aromatic rings. The summed E-state index contributed by atoms with van der Waals surface area (Å²) in [6.07, 6.45) is -0.165. The molecule has 2 atom stereocenters. The molecule has 0 saturated carbocycles. The van der Waals surface area contributed by atoms with Crippen molar-refractivity contribution in [1.29, 1.82) is 0 Å². The number of hydrogen-bond acceptors (Lipinski definition) is 5. The number of aliphatic hydroxyl groups is 1. The highest BCUT2D eigenvalue weighted by atomic mass is 16.3. The molecule has 1 saturated heterocycles. The lowest BCUT2D eigenvalue weighted by atomic mass is 9.99. The van der Waals surface area contributed by atoms with Crippen molar-refractivity contribution in [1.82, 2.24) is 19.0 Å². The molecular weight excluding hydrogens is 372 g/mol. The van der Waals surface area contributed by atoms with Crippen LogP contribution in [0.4, 0.5) is 0 Å². The van der Waals surface area contributed by atoms with E-state index in [1.807, 2.05) is 36.4 Å². The van der Waals surface area contributed by atoms with Crippen molar-refractivity contribution in [2.24, 2.45) is 20.0 Å². The van der Waals surface area contributed by atoms with Gasteiger partial charge < -0.3 is 10.0 Å². The Bertz CT molecular complexity index is 1210. The van der Waals surface area contributed by atoms with Crippen LogP contribution in [0.1, 0.15) is 16.2 Å². The van der Waals surface area contributed by atoms with E-state index >= 15 is 0 Å². The lowest BCUT2D eigenvalue weighted by Crippen LogP contribution is -2.42. The molecule has 1 aromatic carbocycles. The van der Waals surface area contributed by atoms with E-state index in [0.717, 1.165) is 31.8 Å². The average molecular weight is 394 g/mol. The fourth-order valence-electron chi connectivity index (χ4n) is 3.81. The molecule has 3 heterocycles. The van der Waals surface area contributed by atoms with E-state index in [4.69, 9.17) is 0 Å².